The Morgan fingerprint density at radius 1 is 1.06 bits per heavy atom. The maximum atomic E-state index is 13.3. The average molecular weight is 478 g/mol. The van der Waals surface area contributed by atoms with Crippen LogP contribution in [0.15, 0.2) is 58.5 Å². The number of carbonyl (C=O) groups is 2. The van der Waals surface area contributed by atoms with E-state index in [1.165, 1.54) is 46.9 Å². The Kier molecular flexibility index (Phi) is 8.00. The Bertz CT molecular complexity index is 1080. The van der Waals surface area contributed by atoms with Gasteiger partial charge < -0.3 is 5.11 Å². The number of amides is 1. The minimum atomic E-state index is -3.90. The Morgan fingerprint density at radius 3 is 2.28 bits per heavy atom. The van der Waals surface area contributed by atoms with Crippen molar-refractivity contribution in [1.29, 1.82) is 0 Å². The van der Waals surface area contributed by atoms with Crippen molar-refractivity contribution in [2.75, 3.05) is 6.54 Å². The van der Waals surface area contributed by atoms with Crippen molar-refractivity contribution in [3.8, 4) is 0 Å². The third kappa shape index (κ3) is 6.15. The first-order valence-corrected chi connectivity index (χ1v) is 12.0. The van der Waals surface area contributed by atoms with Crippen LogP contribution in [0.3, 0.4) is 0 Å². The summed E-state index contributed by atoms with van der Waals surface area (Å²) in [6.07, 6.45) is 5.61. The summed E-state index contributed by atoms with van der Waals surface area (Å²) < 4.78 is 27.8. The molecule has 1 fully saturated rings. The second kappa shape index (κ2) is 10.7. The number of hydrogen-bond donors (Lipinski definition) is 2. The zero-order chi connectivity index (χ0) is 23.1. The second-order valence-corrected chi connectivity index (χ2v) is 9.84. The number of nitrogens with one attached hydrogen (secondary N) is 1. The van der Waals surface area contributed by atoms with Gasteiger partial charge in [0.25, 0.3) is 5.91 Å². The third-order valence-electron chi connectivity index (χ3n) is 5.26. The van der Waals surface area contributed by atoms with E-state index in [0.717, 1.165) is 19.3 Å². The average Bonchev–Trinajstić information content (AvgIpc) is 2.78. The molecule has 32 heavy (non-hydrogen) atoms. The molecule has 0 aromatic heterocycles. The fourth-order valence-corrected chi connectivity index (χ4v) is 5.36. The second-order valence-electron chi connectivity index (χ2n) is 7.52. The van der Waals surface area contributed by atoms with Crippen molar-refractivity contribution in [2.24, 2.45) is 5.10 Å². The van der Waals surface area contributed by atoms with E-state index in [-0.39, 0.29) is 23.0 Å². The molecule has 8 nitrogen and oxygen atoms in total. The van der Waals surface area contributed by atoms with Crippen molar-refractivity contribution >= 4 is 39.7 Å². The summed E-state index contributed by atoms with van der Waals surface area (Å²) in [5.41, 5.74) is 3.09. The van der Waals surface area contributed by atoms with Crippen LogP contribution in [0.25, 0.3) is 0 Å². The highest BCUT2D eigenvalue weighted by atomic mass is 35.5. The molecule has 2 aromatic rings. The van der Waals surface area contributed by atoms with Crippen LogP contribution < -0.4 is 5.43 Å². The van der Waals surface area contributed by atoms with E-state index in [4.69, 9.17) is 16.7 Å². The molecule has 170 valence electrons. The zero-order valence-electron chi connectivity index (χ0n) is 17.3. The first-order valence-electron chi connectivity index (χ1n) is 10.2. The van der Waals surface area contributed by atoms with Crippen molar-refractivity contribution < 1.29 is 23.1 Å². The number of sulfonamides is 1. The van der Waals surface area contributed by atoms with Crippen LogP contribution in [-0.4, -0.2) is 48.5 Å². The lowest BCUT2D eigenvalue weighted by atomic mass is 9.95. The van der Waals surface area contributed by atoms with Crippen molar-refractivity contribution in [3.05, 3.63) is 64.7 Å². The van der Waals surface area contributed by atoms with E-state index < -0.39 is 21.9 Å². The van der Waals surface area contributed by atoms with E-state index in [2.05, 4.69) is 10.5 Å². The Hall–Kier alpha value is -2.75. The number of nitrogens with zero attached hydrogens (tertiary/aromatic N) is 2. The molecule has 0 spiro atoms. The molecule has 1 saturated carbocycles. The number of hydrogen-bond acceptors (Lipinski definition) is 5. The molecule has 1 aliphatic rings. The topological polar surface area (TPSA) is 116 Å². The first kappa shape index (κ1) is 23.9. The number of rotatable bonds is 8. The van der Waals surface area contributed by atoms with Gasteiger partial charge in [0.15, 0.2) is 0 Å². The molecular formula is C22H24ClN3O5S. The van der Waals surface area contributed by atoms with E-state index >= 15 is 0 Å². The van der Waals surface area contributed by atoms with Crippen LogP contribution in [0.1, 0.15) is 48.0 Å². The molecule has 0 unspecified atom stereocenters. The van der Waals surface area contributed by atoms with Gasteiger partial charge in [-0.2, -0.15) is 9.41 Å². The number of hydrazone groups is 1. The molecule has 1 aliphatic carbocycles. The highest BCUT2D eigenvalue weighted by Crippen LogP contribution is 2.28. The fraction of sp³-hybridized carbons (Fsp3) is 0.318. The first-order chi connectivity index (χ1) is 15.3. The van der Waals surface area contributed by atoms with E-state index in [9.17, 15) is 18.0 Å². The van der Waals surface area contributed by atoms with E-state index in [1.807, 2.05) is 0 Å². The zero-order valence-corrected chi connectivity index (χ0v) is 18.8. The molecule has 3 rings (SSSR count). The SMILES string of the molecule is O=C(CN(C1CCCCC1)S(=O)(=O)c1ccc(Cl)cc1)NN=Cc1ccc(C(=O)O)cc1. The lowest BCUT2D eigenvalue weighted by Gasteiger charge is -2.32. The molecule has 0 radical (unpaired) electrons. The summed E-state index contributed by atoms with van der Waals surface area (Å²) in [5.74, 6) is -1.60. The minimum absolute atomic E-state index is 0.0855. The Labute approximate surface area is 191 Å². The Balaban J connectivity index is 1.72. The lowest BCUT2D eigenvalue weighted by Crippen LogP contribution is -2.46. The number of carboxylic acids is 1. The van der Waals surface area contributed by atoms with Crippen LogP contribution in [0, 0.1) is 0 Å². The largest absolute Gasteiger partial charge is 0.478 e. The lowest BCUT2D eigenvalue weighted by molar-refractivity contribution is -0.121. The van der Waals surface area contributed by atoms with Crippen LogP contribution in [0.2, 0.25) is 5.02 Å². The molecule has 0 saturated heterocycles. The van der Waals surface area contributed by atoms with E-state index in [1.54, 1.807) is 12.1 Å². The van der Waals surface area contributed by atoms with Crippen molar-refractivity contribution in [2.45, 2.75) is 43.0 Å². The normalized spacial score (nSPS) is 15.2. The quantitative estimate of drug-likeness (QED) is 0.445. The summed E-state index contributed by atoms with van der Waals surface area (Å²) in [6.45, 7) is -0.356. The van der Waals surface area contributed by atoms with Gasteiger partial charge in [-0.1, -0.05) is 43.0 Å². The predicted molar refractivity (Wildman–Crippen MR) is 121 cm³/mol. The van der Waals surface area contributed by atoms with Gasteiger partial charge in [-0.3, -0.25) is 4.79 Å². The third-order valence-corrected chi connectivity index (χ3v) is 7.43. The van der Waals surface area contributed by atoms with Gasteiger partial charge in [-0.15, -0.1) is 0 Å². The van der Waals surface area contributed by atoms with Gasteiger partial charge in [0.2, 0.25) is 10.0 Å². The van der Waals surface area contributed by atoms with Gasteiger partial charge in [0.1, 0.15) is 0 Å². The van der Waals surface area contributed by atoms with Gasteiger partial charge in [-0.05, 0) is 54.8 Å². The van der Waals surface area contributed by atoms with Gasteiger partial charge in [0, 0.05) is 11.1 Å². The number of aromatic carboxylic acids is 1. The number of halogens is 1. The molecule has 0 heterocycles. The summed E-state index contributed by atoms with van der Waals surface area (Å²) >= 11 is 5.89. The van der Waals surface area contributed by atoms with E-state index in [0.29, 0.717) is 23.4 Å². The summed E-state index contributed by atoms with van der Waals surface area (Å²) in [5, 5.41) is 13.2. The van der Waals surface area contributed by atoms with Crippen molar-refractivity contribution in [1.82, 2.24) is 9.73 Å². The van der Waals surface area contributed by atoms with Crippen LogP contribution in [0.4, 0.5) is 0 Å². The van der Waals surface area contributed by atoms with Gasteiger partial charge in [0.05, 0.1) is 23.2 Å². The smallest absolute Gasteiger partial charge is 0.335 e. The van der Waals surface area contributed by atoms with Crippen LogP contribution >= 0.6 is 11.6 Å². The monoisotopic (exact) mass is 477 g/mol. The highest BCUT2D eigenvalue weighted by molar-refractivity contribution is 7.89. The molecule has 2 aromatic carbocycles. The Morgan fingerprint density at radius 2 is 1.69 bits per heavy atom. The van der Waals surface area contributed by atoms with Crippen LogP contribution in [0.5, 0.6) is 0 Å². The van der Waals surface area contributed by atoms with Crippen LogP contribution in [-0.2, 0) is 14.8 Å². The van der Waals surface area contributed by atoms with Gasteiger partial charge in [-0.25, -0.2) is 18.6 Å². The standard InChI is InChI=1S/C22H24ClN3O5S/c23-18-10-12-20(13-11-18)32(30,31)26(19-4-2-1-3-5-19)15-21(27)25-24-14-16-6-8-17(9-7-16)22(28)29/h6-14,19H,1-5,15H2,(H,25,27)(H,28,29). The molecule has 0 bridgehead atoms. The van der Waals surface area contributed by atoms with Gasteiger partial charge >= 0.3 is 5.97 Å². The number of benzene rings is 2. The molecule has 2 N–H and O–H groups in total. The predicted octanol–water partition coefficient (Wildman–Crippen LogP) is 3.51. The summed E-state index contributed by atoms with van der Waals surface area (Å²) in [6, 6.07) is 11.6. The summed E-state index contributed by atoms with van der Waals surface area (Å²) in [7, 11) is -3.90. The minimum Gasteiger partial charge on any atom is -0.478 e. The highest BCUT2D eigenvalue weighted by Gasteiger charge is 2.33. The molecule has 10 heteroatoms. The van der Waals surface area contributed by atoms with Crippen molar-refractivity contribution in [3.63, 3.8) is 0 Å². The fourth-order valence-electron chi connectivity index (χ4n) is 3.59. The number of carboxylic acid groups (broad SMARTS) is 1. The molecular weight excluding hydrogens is 454 g/mol. The summed E-state index contributed by atoms with van der Waals surface area (Å²) in [4.78, 5) is 23.5. The molecule has 1 amide bonds. The molecule has 0 atom stereocenters. The maximum absolute atomic E-state index is 13.3. The number of carbonyl (C=O) groups excluding carboxylic acids is 1. The molecule has 0 aliphatic heterocycles. The maximum Gasteiger partial charge on any atom is 0.335 e.